The van der Waals surface area contributed by atoms with E-state index in [4.69, 9.17) is 9.94 Å². The molecule has 0 aliphatic carbocycles. The van der Waals surface area contributed by atoms with Crippen molar-refractivity contribution in [3.05, 3.63) is 54.1 Å². The molecule has 2 heterocycles. The molecule has 8 nitrogen and oxygen atoms in total. The molecule has 2 aliphatic heterocycles. The first-order chi connectivity index (χ1) is 15.4. The van der Waals surface area contributed by atoms with Gasteiger partial charge < -0.3 is 9.64 Å². The summed E-state index contributed by atoms with van der Waals surface area (Å²) in [7, 11) is -3.14. The molecule has 0 radical (unpaired) electrons. The Labute approximate surface area is 188 Å². The largest absolute Gasteiger partial charge is 0.378 e. The summed E-state index contributed by atoms with van der Waals surface area (Å²) >= 11 is 0. The van der Waals surface area contributed by atoms with E-state index in [0.29, 0.717) is 6.54 Å². The van der Waals surface area contributed by atoms with E-state index in [2.05, 4.69) is 34.5 Å². The van der Waals surface area contributed by atoms with Crippen LogP contribution >= 0.6 is 0 Å². The maximum atomic E-state index is 12.3. The molecule has 4 rings (SSSR count). The zero-order valence-electron chi connectivity index (χ0n) is 17.9. The number of ether oxygens (including phenoxy) is 1. The predicted molar refractivity (Wildman–Crippen MR) is 122 cm³/mol. The number of sulfone groups is 1. The predicted octanol–water partition coefficient (Wildman–Crippen LogP) is 1.73. The van der Waals surface area contributed by atoms with E-state index in [1.54, 1.807) is 5.48 Å². The first-order valence-corrected chi connectivity index (χ1v) is 12.7. The monoisotopic (exact) mass is 459 g/mol. The quantitative estimate of drug-likeness (QED) is 0.446. The molecular formula is C23H29N3O5S. The number of carbonyl (C=O) groups is 1. The van der Waals surface area contributed by atoms with Gasteiger partial charge in [0, 0.05) is 25.3 Å². The number of nitrogens with zero attached hydrogens (tertiary/aromatic N) is 1. The molecule has 2 aromatic rings. The van der Waals surface area contributed by atoms with E-state index in [-0.39, 0.29) is 24.3 Å². The summed E-state index contributed by atoms with van der Waals surface area (Å²) < 4.78 is 29.0. The third-order valence-electron chi connectivity index (χ3n) is 6.38. The minimum absolute atomic E-state index is 0.0766. The highest BCUT2D eigenvalue weighted by Gasteiger charge is 2.43. The van der Waals surface area contributed by atoms with E-state index in [1.807, 2.05) is 24.3 Å². The Morgan fingerprint density at radius 3 is 2.09 bits per heavy atom. The number of amides is 1. The van der Waals surface area contributed by atoms with Gasteiger partial charge in [0.2, 0.25) is 0 Å². The minimum atomic E-state index is -3.14. The molecule has 0 bridgehead atoms. The van der Waals surface area contributed by atoms with Crippen LogP contribution in [0.15, 0.2) is 48.5 Å². The standard InChI is InChI=1S/C23H29N3O5S/c27-22(25-28)23(9-15-32(29,30)16-10-23)24-17-18-1-3-19(4-2-18)20-5-7-21(8-6-20)26-11-13-31-14-12-26/h1-8,24,28H,9-17H2,(H,25,27). The Morgan fingerprint density at radius 1 is 0.969 bits per heavy atom. The van der Waals surface area contributed by atoms with Crippen LogP contribution in [0.3, 0.4) is 0 Å². The van der Waals surface area contributed by atoms with E-state index in [1.165, 1.54) is 5.69 Å². The molecule has 3 N–H and O–H groups in total. The van der Waals surface area contributed by atoms with E-state index >= 15 is 0 Å². The summed E-state index contributed by atoms with van der Waals surface area (Å²) in [6.07, 6.45) is 0.268. The number of carbonyl (C=O) groups excluding carboxylic acids is 1. The summed E-state index contributed by atoms with van der Waals surface area (Å²) in [6.45, 7) is 3.72. The average molecular weight is 460 g/mol. The zero-order valence-corrected chi connectivity index (χ0v) is 18.7. The number of morpholine rings is 1. The third-order valence-corrected chi connectivity index (χ3v) is 8.03. The highest BCUT2D eigenvalue weighted by atomic mass is 32.2. The fourth-order valence-electron chi connectivity index (χ4n) is 4.25. The molecule has 9 heteroatoms. The summed E-state index contributed by atoms with van der Waals surface area (Å²) in [5.41, 5.74) is 4.98. The van der Waals surface area contributed by atoms with Gasteiger partial charge in [-0.1, -0.05) is 36.4 Å². The zero-order chi connectivity index (χ0) is 22.6. The molecule has 1 amide bonds. The summed E-state index contributed by atoms with van der Waals surface area (Å²) in [5.74, 6) is -0.746. The normalized spacial score (nSPS) is 20.0. The van der Waals surface area contributed by atoms with Gasteiger partial charge in [-0.3, -0.25) is 15.3 Å². The van der Waals surface area contributed by atoms with Gasteiger partial charge in [-0.15, -0.1) is 0 Å². The molecular weight excluding hydrogens is 430 g/mol. The third kappa shape index (κ3) is 5.12. The highest BCUT2D eigenvalue weighted by molar-refractivity contribution is 7.91. The van der Waals surface area contributed by atoms with Gasteiger partial charge in [0.25, 0.3) is 5.91 Å². The fourth-order valence-corrected chi connectivity index (χ4v) is 5.77. The first kappa shape index (κ1) is 22.7. The number of hydroxylamine groups is 1. The SMILES string of the molecule is O=C(NO)C1(NCc2ccc(-c3ccc(N4CCOCC4)cc3)cc2)CCS(=O)(=O)CC1. The van der Waals surface area contributed by atoms with Crippen molar-refractivity contribution in [2.75, 3.05) is 42.7 Å². The second kappa shape index (κ2) is 9.58. The van der Waals surface area contributed by atoms with Crippen LogP contribution in [-0.4, -0.2) is 62.9 Å². The lowest BCUT2D eigenvalue weighted by Crippen LogP contribution is -2.59. The smallest absolute Gasteiger partial charge is 0.263 e. The number of anilines is 1. The Kier molecular flexibility index (Phi) is 6.80. The Balaban J connectivity index is 1.40. The molecule has 32 heavy (non-hydrogen) atoms. The lowest BCUT2D eigenvalue weighted by atomic mass is 9.91. The summed E-state index contributed by atoms with van der Waals surface area (Å²) in [6, 6.07) is 16.5. The number of benzene rings is 2. The summed E-state index contributed by atoms with van der Waals surface area (Å²) in [4.78, 5) is 14.6. The maximum absolute atomic E-state index is 12.3. The Hall–Kier alpha value is -2.46. The molecule has 2 aliphatic rings. The molecule has 2 saturated heterocycles. The molecule has 0 saturated carbocycles. The minimum Gasteiger partial charge on any atom is -0.378 e. The number of rotatable bonds is 6. The van der Waals surface area contributed by atoms with E-state index < -0.39 is 21.3 Å². The van der Waals surface area contributed by atoms with Crippen LogP contribution in [-0.2, 0) is 25.9 Å². The second-order valence-corrected chi connectivity index (χ2v) is 10.7. The van der Waals surface area contributed by atoms with Crippen LogP contribution in [0.2, 0.25) is 0 Å². The number of nitrogens with one attached hydrogen (secondary N) is 2. The molecule has 2 aromatic carbocycles. The van der Waals surface area contributed by atoms with Gasteiger partial charge in [-0.05, 0) is 41.7 Å². The first-order valence-electron chi connectivity index (χ1n) is 10.8. The van der Waals surface area contributed by atoms with Crippen molar-refractivity contribution >= 4 is 21.4 Å². The van der Waals surface area contributed by atoms with Crippen LogP contribution < -0.4 is 15.7 Å². The average Bonchev–Trinajstić information content (AvgIpc) is 2.84. The Bertz CT molecular complexity index is 1020. The maximum Gasteiger partial charge on any atom is 0.263 e. The van der Waals surface area contributed by atoms with Crippen LogP contribution in [0, 0.1) is 0 Å². The van der Waals surface area contributed by atoms with E-state index in [9.17, 15) is 13.2 Å². The molecule has 172 valence electrons. The van der Waals surface area contributed by atoms with Crippen molar-refractivity contribution in [2.24, 2.45) is 0 Å². The summed E-state index contributed by atoms with van der Waals surface area (Å²) in [5, 5.41) is 12.3. The number of hydrogen-bond acceptors (Lipinski definition) is 7. The van der Waals surface area contributed by atoms with Crippen molar-refractivity contribution in [1.82, 2.24) is 10.8 Å². The van der Waals surface area contributed by atoms with Gasteiger partial charge in [-0.2, -0.15) is 0 Å². The second-order valence-electron chi connectivity index (χ2n) is 8.37. The molecule has 0 unspecified atom stereocenters. The topological polar surface area (TPSA) is 108 Å². The molecule has 0 spiro atoms. The van der Waals surface area contributed by atoms with Gasteiger partial charge in [0.1, 0.15) is 15.4 Å². The van der Waals surface area contributed by atoms with Gasteiger partial charge in [0.15, 0.2) is 0 Å². The van der Waals surface area contributed by atoms with Crippen LogP contribution in [0.25, 0.3) is 11.1 Å². The molecule has 2 fully saturated rings. The van der Waals surface area contributed by atoms with Crippen molar-refractivity contribution in [1.29, 1.82) is 0 Å². The van der Waals surface area contributed by atoms with Crippen molar-refractivity contribution in [3.63, 3.8) is 0 Å². The van der Waals surface area contributed by atoms with Gasteiger partial charge >= 0.3 is 0 Å². The molecule has 0 atom stereocenters. The Morgan fingerprint density at radius 2 is 1.53 bits per heavy atom. The number of hydrogen-bond donors (Lipinski definition) is 3. The van der Waals surface area contributed by atoms with Crippen molar-refractivity contribution < 1.29 is 23.2 Å². The fraction of sp³-hybridized carbons (Fsp3) is 0.435. The highest BCUT2D eigenvalue weighted by Crippen LogP contribution is 2.26. The van der Waals surface area contributed by atoms with Crippen molar-refractivity contribution in [3.8, 4) is 11.1 Å². The van der Waals surface area contributed by atoms with Crippen molar-refractivity contribution in [2.45, 2.75) is 24.9 Å². The van der Waals surface area contributed by atoms with Gasteiger partial charge in [-0.25, -0.2) is 13.9 Å². The molecule has 0 aromatic heterocycles. The van der Waals surface area contributed by atoms with E-state index in [0.717, 1.165) is 43.0 Å². The van der Waals surface area contributed by atoms with Crippen LogP contribution in [0.4, 0.5) is 5.69 Å². The van der Waals surface area contributed by atoms with Crippen LogP contribution in [0.1, 0.15) is 18.4 Å². The van der Waals surface area contributed by atoms with Gasteiger partial charge in [0.05, 0.1) is 24.7 Å². The van der Waals surface area contributed by atoms with Crippen LogP contribution in [0.5, 0.6) is 0 Å². The lowest BCUT2D eigenvalue weighted by molar-refractivity contribution is -0.136. The lowest BCUT2D eigenvalue weighted by Gasteiger charge is -2.35.